The van der Waals surface area contributed by atoms with Gasteiger partial charge in [0.2, 0.25) is 0 Å². The highest BCUT2D eigenvalue weighted by Crippen LogP contribution is 2.35. The zero-order valence-electron chi connectivity index (χ0n) is 18.5. The topological polar surface area (TPSA) is 94.1 Å². The second-order valence-electron chi connectivity index (χ2n) is 9.44. The van der Waals surface area contributed by atoms with Crippen LogP contribution in [-0.4, -0.2) is 74.2 Å². The molecule has 3 aliphatic rings. The van der Waals surface area contributed by atoms with Crippen molar-refractivity contribution in [1.29, 1.82) is 0 Å². The number of pyridine rings is 1. The van der Waals surface area contributed by atoms with Gasteiger partial charge >= 0.3 is 6.03 Å². The fourth-order valence-corrected chi connectivity index (χ4v) is 4.84. The van der Waals surface area contributed by atoms with Crippen molar-refractivity contribution in [2.24, 2.45) is 5.92 Å². The smallest absolute Gasteiger partial charge is 0.320 e. The zero-order valence-corrected chi connectivity index (χ0v) is 18.5. The lowest BCUT2D eigenvalue weighted by Gasteiger charge is -2.41. The Bertz CT molecular complexity index is 1080. The number of benzene rings is 1. The van der Waals surface area contributed by atoms with Gasteiger partial charge in [0, 0.05) is 56.4 Å². The lowest BCUT2D eigenvalue weighted by molar-refractivity contribution is 0.121. The van der Waals surface area contributed by atoms with E-state index in [1.54, 1.807) is 0 Å². The largest absolute Gasteiger partial charge is 0.326 e. The van der Waals surface area contributed by atoms with Crippen molar-refractivity contribution in [1.82, 2.24) is 35.4 Å². The fourth-order valence-electron chi connectivity index (χ4n) is 4.84. The number of urea groups is 1. The van der Waals surface area contributed by atoms with Crippen LogP contribution in [0.4, 0.5) is 16.3 Å². The van der Waals surface area contributed by atoms with Gasteiger partial charge in [-0.15, -0.1) is 5.10 Å². The lowest BCUT2D eigenvalue weighted by Crippen LogP contribution is -2.53. The molecule has 1 aromatic carbocycles. The number of amides is 2. The Balaban J connectivity index is 1.06. The van der Waals surface area contributed by atoms with E-state index >= 15 is 0 Å². The highest BCUT2D eigenvalue weighted by atomic mass is 16.2. The van der Waals surface area contributed by atoms with Crippen LogP contribution < -0.4 is 4.90 Å². The van der Waals surface area contributed by atoms with Crippen LogP contribution in [0.2, 0.25) is 0 Å². The zero-order chi connectivity index (χ0) is 22.2. The number of hydrogen-bond donors (Lipinski definition) is 1. The molecule has 2 saturated heterocycles. The minimum atomic E-state index is 0.116. The molecule has 9 nitrogen and oxygen atoms in total. The molecular formula is C24H28N8O. The maximum absolute atomic E-state index is 12.9. The van der Waals surface area contributed by atoms with Crippen molar-refractivity contribution in [2.75, 3.05) is 37.6 Å². The fraction of sp³-hybridized carbons (Fsp3) is 0.458. The maximum atomic E-state index is 12.9. The summed E-state index contributed by atoms with van der Waals surface area (Å²) in [5, 5.41) is 14.1. The molecule has 2 amide bonds. The number of nitrogens with zero attached hydrogens (tertiary/aromatic N) is 7. The number of likely N-dealkylation sites (tertiary alicyclic amines) is 2. The van der Waals surface area contributed by atoms with Gasteiger partial charge in [0.1, 0.15) is 5.82 Å². The SMILES string of the molecule is O=C(N1CC(c2ccc(N(CC3CC3)c3ccccc3)nc2)C1)N1CC[C@H](c2nnn[nH]2)C1. The molecule has 1 saturated carbocycles. The van der Waals surface area contributed by atoms with Gasteiger partial charge in [0.25, 0.3) is 0 Å². The average Bonchev–Trinajstić information content (AvgIpc) is 3.25. The van der Waals surface area contributed by atoms with E-state index in [-0.39, 0.29) is 11.9 Å². The molecule has 1 atom stereocenters. The normalized spacial score (nSPS) is 20.7. The number of aromatic nitrogens is 5. The van der Waals surface area contributed by atoms with Crippen molar-refractivity contribution in [3.8, 4) is 0 Å². The third-order valence-electron chi connectivity index (χ3n) is 7.08. The maximum Gasteiger partial charge on any atom is 0.320 e. The van der Waals surface area contributed by atoms with Gasteiger partial charge in [-0.05, 0) is 59.4 Å². The summed E-state index contributed by atoms with van der Waals surface area (Å²) in [6.45, 7) is 3.93. The van der Waals surface area contributed by atoms with Gasteiger partial charge in [-0.2, -0.15) is 0 Å². The molecule has 9 heteroatoms. The van der Waals surface area contributed by atoms with Crippen molar-refractivity contribution < 1.29 is 4.79 Å². The first-order chi connectivity index (χ1) is 16.2. The Morgan fingerprint density at radius 2 is 1.82 bits per heavy atom. The summed E-state index contributed by atoms with van der Waals surface area (Å²) < 4.78 is 0. The van der Waals surface area contributed by atoms with Gasteiger partial charge in [-0.25, -0.2) is 14.9 Å². The minimum absolute atomic E-state index is 0.116. The first kappa shape index (κ1) is 20.1. The van der Waals surface area contributed by atoms with E-state index in [1.807, 2.05) is 22.1 Å². The summed E-state index contributed by atoms with van der Waals surface area (Å²) in [7, 11) is 0. The van der Waals surface area contributed by atoms with Gasteiger partial charge < -0.3 is 14.7 Å². The van der Waals surface area contributed by atoms with E-state index in [1.165, 1.54) is 24.1 Å². The van der Waals surface area contributed by atoms with Gasteiger partial charge in [-0.1, -0.05) is 24.3 Å². The van der Waals surface area contributed by atoms with Gasteiger partial charge in [0.05, 0.1) is 0 Å². The van der Waals surface area contributed by atoms with Crippen LogP contribution in [0, 0.1) is 5.92 Å². The summed E-state index contributed by atoms with van der Waals surface area (Å²) in [6.07, 6.45) is 5.50. The van der Waals surface area contributed by atoms with E-state index in [2.05, 4.69) is 61.9 Å². The summed E-state index contributed by atoms with van der Waals surface area (Å²) in [6, 6.07) is 14.9. The van der Waals surface area contributed by atoms with Crippen LogP contribution >= 0.6 is 0 Å². The highest BCUT2D eigenvalue weighted by Gasteiger charge is 2.38. The van der Waals surface area contributed by atoms with Crippen LogP contribution in [0.3, 0.4) is 0 Å². The molecule has 4 heterocycles. The second kappa shape index (κ2) is 8.46. The molecule has 2 aromatic heterocycles. The van der Waals surface area contributed by atoms with Crippen LogP contribution in [0.5, 0.6) is 0 Å². The number of para-hydroxylation sites is 1. The summed E-state index contributed by atoms with van der Waals surface area (Å²) in [4.78, 5) is 23.9. The number of hydrogen-bond acceptors (Lipinski definition) is 6. The van der Waals surface area contributed by atoms with Crippen LogP contribution in [0.15, 0.2) is 48.7 Å². The van der Waals surface area contributed by atoms with Crippen LogP contribution in [0.25, 0.3) is 0 Å². The Hall–Kier alpha value is -3.49. The Morgan fingerprint density at radius 3 is 2.52 bits per heavy atom. The van der Waals surface area contributed by atoms with Crippen molar-refractivity contribution >= 4 is 17.5 Å². The van der Waals surface area contributed by atoms with Crippen LogP contribution in [-0.2, 0) is 0 Å². The third-order valence-corrected chi connectivity index (χ3v) is 7.08. The van der Waals surface area contributed by atoms with E-state index in [9.17, 15) is 4.79 Å². The molecule has 33 heavy (non-hydrogen) atoms. The highest BCUT2D eigenvalue weighted by molar-refractivity contribution is 5.76. The number of carbonyl (C=O) groups is 1. The van der Waals surface area contributed by atoms with E-state index < -0.39 is 0 Å². The summed E-state index contributed by atoms with van der Waals surface area (Å²) >= 11 is 0. The standard InChI is InChI=1S/C24H28N8O/c33-24(30-11-10-19(14-30)23-26-28-29-27-23)31-15-20(16-31)18-8-9-22(25-12-18)32(13-17-6-7-17)21-4-2-1-3-5-21/h1-5,8-9,12,17,19-20H,6-7,10-11,13-16H2,(H,26,27,28,29)/t19-/m0/s1. The minimum Gasteiger partial charge on any atom is -0.326 e. The number of carbonyl (C=O) groups excluding carboxylic acids is 1. The molecule has 1 aliphatic carbocycles. The molecule has 0 bridgehead atoms. The lowest BCUT2D eigenvalue weighted by atomic mass is 9.93. The molecule has 0 radical (unpaired) electrons. The Labute approximate surface area is 192 Å². The monoisotopic (exact) mass is 444 g/mol. The van der Waals surface area contributed by atoms with Crippen LogP contribution in [0.1, 0.15) is 42.5 Å². The number of anilines is 2. The number of H-pyrrole nitrogens is 1. The molecule has 0 spiro atoms. The third kappa shape index (κ3) is 4.15. The Morgan fingerprint density at radius 1 is 1.00 bits per heavy atom. The molecule has 2 aliphatic heterocycles. The van der Waals surface area contributed by atoms with E-state index in [0.29, 0.717) is 12.5 Å². The molecule has 3 aromatic rings. The molecule has 6 rings (SSSR count). The van der Waals surface area contributed by atoms with E-state index in [0.717, 1.165) is 50.2 Å². The predicted molar refractivity (Wildman–Crippen MR) is 123 cm³/mol. The first-order valence-corrected chi connectivity index (χ1v) is 11.8. The predicted octanol–water partition coefficient (Wildman–Crippen LogP) is 3.15. The van der Waals surface area contributed by atoms with Crippen molar-refractivity contribution in [3.05, 3.63) is 60.0 Å². The summed E-state index contributed by atoms with van der Waals surface area (Å²) in [5.41, 5.74) is 2.39. The van der Waals surface area contributed by atoms with E-state index in [4.69, 9.17) is 4.98 Å². The van der Waals surface area contributed by atoms with Gasteiger partial charge in [0.15, 0.2) is 5.82 Å². The van der Waals surface area contributed by atoms with Crippen molar-refractivity contribution in [3.63, 3.8) is 0 Å². The molecule has 0 unspecified atom stereocenters. The second-order valence-corrected chi connectivity index (χ2v) is 9.44. The van der Waals surface area contributed by atoms with Gasteiger partial charge in [-0.3, -0.25) is 0 Å². The number of nitrogens with one attached hydrogen (secondary N) is 1. The molecular weight excluding hydrogens is 416 g/mol. The quantitative estimate of drug-likeness (QED) is 0.628. The average molecular weight is 445 g/mol. The number of tetrazole rings is 1. The first-order valence-electron chi connectivity index (χ1n) is 11.8. The molecule has 1 N–H and O–H groups in total. The van der Waals surface area contributed by atoms with Crippen molar-refractivity contribution in [2.45, 2.75) is 31.1 Å². The Kier molecular flexibility index (Phi) is 5.16. The molecule has 3 fully saturated rings. The number of aromatic amines is 1. The summed E-state index contributed by atoms with van der Waals surface area (Å²) in [5.74, 6) is 3.07. The number of rotatable bonds is 6. The molecule has 170 valence electrons.